The van der Waals surface area contributed by atoms with Gasteiger partial charge >= 0.3 is 5.97 Å². The van der Waals surface area contributed by atoms with Gasteiger partial charge in [0.2, 0.25) is 5.88 Å². The van der Waals surface area contributed by atoms with Gasteiger partial charge in [0.15, 0.2) is 6.10 Å². The Bertz CT molecular complexity index is 2110. The van der Waals surface area contributed by atoms with Crippen molar-refractivity contribution in [1.82, 2.24) is 10.2 Å². The van der Waals surface area contributed by atoms with E-state index in [2.05, 4.69) is 26.1 Å². The highest BCUT2D eigenvalue weighted by Gasteiger charge is 2.59. The molecule has 56 heavy (non-hydrogen) atoms. The van der Waals surface area contributed by atoms with Gasteiger partial charge in [-0.15, -0.1) is 5.10 Å². The quantitative estimate of drug-likeness (QED) is 0.0883. The largest absolute Gasteiger partial charge is 0.417 e. The molecule has 1 aromatic heterocycles. The molecule has 5 aromatic carbocycles. The Morgan fingerprint density at radius 3 is 1.77 bits per heavy atom. The summed E-state index contributed by atoms with van der Waals surface area (Å²) in [7, 11) is 0. The van der Waals surface area contributed by atoms with Crippen molar-refractivity contribution in [3.63, 3.8) is 0 Å². The van der Waals surface area contributed by atoms with Gasteiger partial charge in [-0.05, 0) is 62.8 Å². The number of nitrogens with one attached hydrogen (secondary N) is 1. The summed E-state index contributed by atoms with van der Waals surface area (Å²) in [5.74, 6) is -2.80. The van der Waals surface area contributed by atoms with Crippen LogP contribution in [0.15, 0.2) is 144 Å². The number of hydrogen-bond donors (Lipinski definition) is 2. The third kappa shape index (κ3) is 10.2. The highest BCUT2D eigenvalue weighted by Crippen LogP contribution is 2.38. The summed E-state index contributed by atoms with van der Waals surface area (Å²) in [5, 5.41) is 20.2. The smallest absolute Gasteiger partial charge is 0.356 e. The van der Waals surface area contributed by atoms with Crippen molar-refractivity contribution in [3.05, 3.63) is 189 Å². The zero-order valence-corrected chi connectivity index (χ0v) is 32.5. The molecule has 1 aliphatic heterocycles. The lowest BCUT2D eigenvalue weighted by Crippen LogP contribution is -2.69. The Hall–Kier alpha value is -4.72. The molecule has 9 nitrogen and oxygen atoms in total. The monoisotopic (exact) mass is 822 g/mol. The molecule has 0 amide bonds. The molecule has 2 heterocycles. The van der Waals surface area contributed by atoms with E-state index >= 15 is 0 Å². The van der Waals surface area contributed by atoms with E-state index in [4.69, 9.17) is 28.4 Å². The van der Waals surface area contributed by atoms with Crippen LogP contribution in [0.1, 0.15) is 39.1 Å². The van der Waals surface area contributed by atoms with Gasteiger partial charge in [0.05, 0.1) is 37.5 Å². The van der Waals surface area contributed by atoms with Crippen LogP contribution in [-0.2, 0) is 56.5 Å². The number of halogens is 2. The minimum atomic E-state index is -2.47. The third-order valence-corrected chi connectivity index (χ3v) is 10.2. The SMILES string of the molecule is Cc1[nH]nc(O[C@]2(O)O[C@H](COCc3ccccc3)[C@@H](OCc3ccccc3)[C@H](OCc3ccccc3)[C@H]2OCc2ccccc2)c1Cc1ccc(Br)c(F)c1. The molecular formula is C45H44BrFN2O7. The molecule has 5 atom stereocenters. The maximum absolute atomic E-state index is 14.6. The molecule has 0 unspecified atom stereocenters. The highest BCUT2D eigenvalue weighted by molar-refractivity contribution is 9.10. The first kappa shape index (κ1) is 39.5. The second kappa shape index (κ2) is 18.9. The van der Waals surface area contributed by atoms with E-state index in [1.54, 1.807) is 6.07 Å². The summed E-state index contributed by atoms with van der Waals surface area (Å²) in [4.78, 5) is 0. The zero-order chi connectivity index (χ0) is 38.7. The molecule has 1 fully saturated rings. The van der Waals surface area contributed by atoms with Crippen LogP contribution < -0.4 is 4.74 Å². The molecule has 2 N–H and O–H groups in total. The van der Waals surface area contributed by atoms with E-state index in [0.29, 0.717) is 27.9 Å². The number of H-pyrrole nitrogens is 1. The summed E-state index contributed by atoms with van der Waals surface area (Å²) in [6, 6.07) is 43.8. The molecule has 6 aromatic rings. The van der Waals surface area contributed by atoms with Crippen molar-refractivity contribution in [2.75, 3.05) is 6.61 Å². The van der Waals surface area contributed by atoms with Crippen LogP contribution in [0.3, 0.4) is 0 Å². The maximum atomic E-state index is 14.6. The Morgan fingerprint density at radius 1 is 0.696 bits per heavy atom. The van der Waals surface area contributed by atoms with Crippen molar-refractivity contribution in [2.24, 2.45) is 0 Å². The summed E-state index contributed by atoms with van der Waals surface area (Å²) >= 11 is 3.23. The zero-order valence-electron chi connectivity index (χ0n) is 30.9. The number of rotatable bonds is 17. The average Bonchev–Trinajstić information content (AvgIpc) is 3.56. The summed E-state index contributed by atoms with van der Waals surface area (Å²) < 4.78 is 54.4. The van der Waals surface area contributed by atoms with E-state index in [9.17, 15) is 9.50 Å². The molecule has 1 aliphatic rings. The first-order valence-corrected chi connectivity index (χ1v) is 19.3. The van der Waals surface area contributed by atoms with Gasteiger partial charge in [0.1, 0.15) is 24.1 Å². The van der Waals surface area contributed by atoms with Crippen LogP contribution in [0.5, 0.6) is 5.88 Å². The number of aliphatic hydroxyl groups is 1. The molecular weight excluding hydrogens is 779 g/mol. The first-order chi connectivity index (χ1) is 27.3. The van der Waals surface area contributed by atoms with Crippen LogP contribution in [0, 0.1) is 12.7 Å². The number of ether oxygens (including phenoxy) is 6. The van der Waals surface area contributed by atoms with E-state index < -0.39 is 36.2 Å². The average molecular weight is 824 g/mol. The highest BCUT2D eigenvalue weighted by atomic mass is 79.9. The molecule has 0 saturated carbocycles. The van der Waals surface area contributed by atoms with E-state index in [-0.39, 0.29) is 38.7 Å². The standard InChI is InChI=1S/C45H44BrFN2O7/c1-31-37(24-36-22-23-38(46)39(47)25-36)44(49-48-31)56-45(50)43(54-29-35-20-12-5-13-21-35)42(53-28-34-18-10-4-11-19-34)41(52-27-33-16-8-3-9-17-33)40(55-45)30-51-26-32-14-6-2-7-15-32/h2-23,25,40-43,50H,24,26-30H2,1H3,(H,48,49)/t40-,41-,42+,43-,45-/m1/s1. The number of nitrogens with zero attached hydrogens (tertiary/aromatic N) is 1. The van der Waals surface area contributed by atoms with Gasteiger partial charge < -0.3 is 33.5 Å². The minimum absolute atomic E-state index is 0.0151. The van der Waals surface area contributed by atoms with Crippen molar-refractivity contribution in [2.45, 2.75) is 70.2 Å². The van der Waals surface area contributed by atoms with Gasteiger partial charge in [-0.25, -0.2) is 4.39 Å². The number of aryl methyl sites for hydroxylation is 1. The summed E-state index contributed by atoms with van der Waals surface area (Å²) in [6.07, 6.45) is -3.67. The lowest BCUT2D eigenvalue weighted by Gasteiger charge is -2.49. The Kier molecular flexibility index (Phi) is 13.4. The van der Waals surface area contributed by atoms with Crippen LogP contribution in [0.25, 0.3) is 0 Å². The van der Waals surface area contributed by atoms with Gasteiger partial charge in [-0.3, -0.25) is 5.10 Å². The van der Waals surface area contributed by atoms with E-state index in [1.165, 1.54) is 6.07 Å². The third-order valence-electron chi connectivity index (χ3n) is 9.55. The fourth-order valence-electron chi connectivity index (χ4n) is 6.61. The molecule has 290 valence electrons. The Balaban J connectivity index is 1.26. The lowest BCUT2D eigenvalue weighted by molar-refractivity contribution is -0.436. The molecule has 0 spiro atoms. The molecule has 1 saturated heterocycles. The normalized spacial score (nSPS) is 20.9. The molecule has 0 radical (unpaired) electrons. The van der Waals surface area contributed by atoms with Crippen LogP contribution in [0.2, 0.25) is 0 Å². The van der Waals surface area contributed by atoms with Gasteiger partial charge in [0, 0.05) is 17.7 Å². The van der Waals surface area contributed by atoms with Crippen molar-refractivity contribution in [3.8, 4) is 5.88 Å². The second-order valence-electron chi connectivity index (χ2n) is 13.7. The van der Waals surface area contributed by atoms with Crippen LogP contribution in [-0.4, -0.2) is 52.3 Å². The van der Waals surface area contributed by atoms with Gasteiger partial charge in [0.25, 0.3) is 0 Å². The molecule has 0 aliphatic carbocycles. The molecule has 0 bridgehead atoms. The molecule has 11 heteroatoms. The summed E-state index contributed by atoms with van der Waals surface area (Å²) in [5.41, 5.74) is 5.65. The minimum Gasteiger partial charge on any atom is -0.417 e. The number of benzene rings is 5. The van der Waals surface area contributed by atoms with Crippen molar-refractivity contribution < 1.29 is 37.9 Å². The fraction of sp³-hybridized carbons (Fsp3) is 0.267. The van der Waals surface area contributed by atoms with Gasteiger partial charge in [-0.1, -0.05) is 127 Å². The summed E-state index contributed by atoms with van der Waals surface area (Å²) in [6.45, 7) is 2.64. The van der Waals surface area contributed by atoms with Crippen LogP contribution >= 0.6 is 15.9 Å². The Labute approximate surface area is 334 Å². The predicted octanol–water partition coefficient (Wildman–Crippen LogP) is 8.61. The predicted molar refractivity (Wildman–Crippen MR) is 212 cm³/mol. The Morgan fingerprint density at radius 2 is 1.21 bits per heavy atom. The van der Waals surface area contributed by atoms with E-state index in [0.717, 1.165) is 22.3 Å². The lowest BCUT2D eigenvalue weighted by atomic mass is 9.96. The van der Waals surface area contributed by atoms with E-state index in [1.807, 2.05) is 134 Å². The number of hydrogen-bond acceptors (Lipinski definition) is 8. The number of aromatic nitrogens is 2. The van der Waals surface area contributed by atoms with Crippen molar-refractivity contribution in [1.29, 1.82) is 0 Å². The van der Waals surface area contributed by atoms with Crippen molar-refractivity contribution >= 4 is 15.9 Å². The second-order valence-corrected chi connectivity index (χ2v) is 14.5. The topological polar surface area (TPSA) is 104 Å². The maximum Gasteiger partial charge on any atom is 0.356 e. The van der Waals surface area contributed by atoms with Crippen LogP contribution in [0.4, 0.5) is 4.39 Å². The first-order valence-electron chi connectivity index (χ1n) is 18.5. The number of aromatic amines is 1. The fourth-order valence-corrected chi connectivity index (χ4v) is 6.86. The molecule has 7 rings (SSSR count). The van der Waals surface area contributed by atoms with Gasteiger partial charge in [-0.2, -0.15) is 0 Å².